The molecule has 0 radical (unpaired) electrons. The Hall–Kier alpha value is -3.15. The standard InChI is InChI=1S/C20H19N3O3/c24-18-9-6-15-12-16(7-8-17(15)21-18)23-11-10-22(13-19(23)25)20(26)14-4-2-1-3-5-14/h1-5,7-8,12H,6,9-11,13H2,(H,21,24). The number of piperazine rings is 1. The number of nitrogens with zero attached hydrogens (tertiary/aromatic N) is 2. The van der Waals surface area contributed by atoms with E-state index in [0.29, 0.717) is 31.5 Å². The predicted molar refractivity (Wildman–Crippen MR) is 98.1 cm³/mol. The summed E-state index contributed by atoms with van der Waals surface area (Å²) in [5, 5.41) is 2.85. The van der Waals surface area contributed by atoms with Gasteiger partial charge >= 0.3 is 0 Å². The van der Waals surface area contributed by atoms with Gasteiger partial charge in [-0.15, -0.1) is 0 Å². The number of benzene rings is 2. The first-order valence-corrected chi connectivity index (χ1v) is 8.69. The first-order chi connectivity index (χ1) is 12.6. The van der Waals surface area contributed by atoms with Crippen molar-refractivity contribution in [1.29, 1.82) is 0 Å². The topological polar surface area (TPSA) is 69.7 Å². The maximum atomic E-state index is 12.6. The summed E-state index contributed by atoms with van der Waals surface area (Å²) in [6, 6.07) is 14.7. The lowest BCUT2D eigenvalue weighted by atomic mass is 10.0. The normalized spacial score (nSPS) is 16.9. The molecule has 0 saturated carbocycles. The molecule has 0 aliphatic carbocycles. The molecular formula is C20H19N3O3. The first-order valence-electron chi connectivity index (χ1n) is 8.69. The Kier molecular flexibility index (Phi) is 4.16. The molecule has 2 aromatic rings. The molecule has 0 unspecified atom stereocenters. The van der Waals surface area contributed by atoms with Crippen molar-refractivity contribution in [3.05, 3.63) is 59.7 Å². The Labute approximate surface area is 151 Å². The number of fused-ring (bicyclic) bond motifs is 1. The van der Waals surface area contributed by atoms with Gasteiger partial charge in [0.1, 0.15) is 6.54 Å². The van der Waals surface area contributed by atoms with Gasteiger partial charge < -0.3 is 15.1 Å². The van der Waals surface area contributed by atoms with Crippen LogP contribution in [-0.4, -0.2) is 42.3 Å². The maximum Gasteiger partial charge on any atom is 0.254 e. The zero-order valence-electron chi connectivity index (χ0n) is 14.3. The van der Waals surface area contributed by atoms with Crippen LogP contribution >= 0.6 is 0 Å². The van der Waals surface area contributed by atoms with Gasteiger partial charge in [-0.25, -0.2) is 0 Å². The third-order valence-corrected chi connectivity index (χ3v) is 4.82. The van der Waals surface area contributed by atoms with Gasteiger partial charge in [0.2, 0.25) is 11.8 Å². The Morgan fingerprint density at radius 2 is 1.77 bits per heavy atom. The zero-order chi connectivity index (χ0) is 18.1. The Morgan fingerprint density at radius 3 is 2.54 bits per heavy atom. The molecule has 3 amide bonds. The predicted octanol–water partition coefficient (Wildman–Crippen LogP) is 2.06. The van der Waals surface area contributed by atoms with E-state index in [9.17, 15) is 14.4 Å². The molecule has 0 spiro atoms. The summed E-state index contributed by atoms with van der Waals surface area (Å²) in [5.41, 5.74) is 3.27. The third kappa shape index (κ3) is 3.06. The zero-order valence-corrected chi connectivity index (χ0v) is 14.3. The molecule has 6 heteroatoms. The Bertz CT molecular complexity index is 879. The van der Waals surface area contributed by atoms with Crippen LogP contribution in [0.3, 0.4) is 0 Å². The van der Waals surface area contributed by atoms with Crippen LogP contribution < -0.4 is 10.2 Å². The van der Waals surface area contributed by atoms with Crippen LogP contribution in [0, 0.1) is 0 Å². The van der Waals surface area contributed by atoms with Crippen molar-refractivity contribution in [3.8, 4) is 0 Å². The van der Waals surface area contributed by atoms with Gasteiger partial charge in [0, 0.05) is 36.4 Å². The summed E-state index contributed by atoms with van der Waals surface area (Å²) in [5.74, 6) is -0.193. The third-order valence-electron chi connectivity index (χ3n) is 4.82. The lowest BCUT2D eigenvalue weighted by Crippen LogP contribution is -2.52. The molecule has 6 nitrogen and oxygen atoms in total. The van der Waals surface area contributed by atoms with Crippen molar-refractivity contribution in [3.63, 3.8) is 0 Å². The van der Waals surface area contributed by atoms with Crippen molar-refractivity contribution in [2.24, 2.45) is 0 Å². The number of carbonyl (C=O) groups excluding carboxylic acids is 3. The van der Waals surface area contributed by atoms with Gasteiger partial charge in [-0.3, -0.25) is 14.4 Å². The molecule has 2 aliphatic rings. The van der Waals surface area contributed by atoms with E-state index in [1.54, 1.807) is 21.9 Å². The number of nitrogens with one attached hydrogen (secondary N) is 1. The van der Waals surface area contributed by atoms with Crippen molar-refractivity contribution in [2.45, 2.75) is 12.8 Å². The number of rotatable bonds is 2. The average molecular weight is 349 g/mol. The monoisotopic (exact) mass is 349 g/mol. The van der Waals surface area contributed by atoms with Gasteiger partial charge in [0.05, 0.1) is 0 Å². The first kappa shape index (κ1) is 16.3. The molecule has 2 heterocycles. The minimum Gasteiger partial charge on any atom is -0.328 e. The van der Waals surface area contributed by atoms with E-state index in [-0.39, 0.29) is 24.3 Å². The molecule has 0 atom stereocenters. The number of hydrogen-bond acceptors (Lipinski definition) is 3. The fourth-order valence-corrected chi connectivity index (χ4v) is 3.42. The number of aryl methyl sites for hydroxylation is 1. The van der Waals surface area contributed by atoms with Gasteiger partial charge in [-0.05, 0) is 42.3 Å². The minimum atomic E-state index is -0.119. The molecule has 2 aromatic carbocycles. The van der Waals surface area contributed by atoms with E-state index < -0.39 is 0 Å². The van der Waals surface area contributed by atoms with Crippen molar-refractivity contribution < 1.29 is 14.4 Å². The largest absolute Gasteiger partial charge is 0.328 e. The van der Waals surface area contributed by atoms with Crippen LogP contribution in [0.4, 0.5) is 11.4 Å². The molecule has 0 aromatic heterocycles. The van der Waals surface area contributed by atoms with E-state index in [2.05, 4.69) is 5.32 Å². The van der Waals surface area contributed by atoms with E-state index in [1.807, 2.05) is 36.4 Å². The van der Waals surface area contributed by atoms with Crippen molar-refractivity contribution in [2.75, 3.05) is 29.9 Å². The summed E-state index contributed by atoms with van der Waals surface area (Å²) in [6.07, 6.45) is 1.14. The summed E-state index contributed by atoms with van der Waals surface area (Å²) >= 11 is 0. The Morgan fingerprint density at radius 1 is 0.962 bits per heavy atom. The molecule has 2 aliphatic heterocycles. The summed E-state index contributed by atoms with van der Waals surface area (Å²) in [7, 11) is 0. The maximum absolute atomic E-state index is 12.6. The molecule has 132 valence electrons. The summed E-state index contributed by atoms with van der Waals surface area (Å²) < 4.78 is 0. The number of amides is 3. The van der Waals surface area contributed by atoms with Crippen LogP contribution in [0.2, 0.25) is 0 Å². The summed E-state index contributed by atoms with van der Waals surface area (Å²) in [6.45, 7) is 1.03. The minimum absolute atomic E-state index is 0.0226. The highest BCUT2D eigenvalue weighted by Crippen LogP contribution is 2.28. The molecule has 1 N–H and O–H groups in total. The van der Waals surface area contributed by atoms with Crippen LogP contribution in [0.25, 0.3) is 0 Å². The smallest absolute Gasteiger partial charge is 0.254 e. The van der Waals surface area contributed by atoms with Gasteiger partial charge in [0.25, 0.3) is 5.91 Å². The van der Waals surface area contributed by atoms with Gasteiger partial charge in [0.15, 0.2) is 0 Å². The fourth-order valence-electron chi connectivity index (χ4n) is 3.42. The van der Waals surface area contributed by atoms with E-state index in [4.69, 9.17) is 0 Å². The van der Waals surface area contributed by atoms with E-state index in [1.165, 1.54) is 0 Å². The van der Waals surface area contributed by atoms with E-state index in [0.717, 1.165) is 16.9 Å². The molecule has 0 bridgehead atoms. The van der Waals surface area contributed by atoms with Crippen molar-refractivity contribution >= 4 is 29.1 Å². The van der Waals surface area contributed by atoms with Crippen LogP contribution in [-0.2, 0) is 16.0 Å². The quantitative estimate of drug-likeness (QED) is 0.902. The highest BCUT2D eigenvalue weighted by Gasteiger charge is 2.29. The van der Waals surface area contributed by atoms with Crippen LogP contribution in [0.1, 0.15) is 22.3 Å². The van der Waals surface area contributed by atoms with Crippen molar-refractivity contribution in [1.82, 2.24) is 4.90 Å². The molecule has 26 heavy (non-hydrogen) atoms. The summed E-state index contributed by atoms with van der Waals surface area (Å²) in [4.78, 5) is 39.9. The van der Waals surface area contributed by atoms with Crippen LogP contribution in [0.15, 0.2) is 48.5 Å². The second-order valence-corrected chi connectivity index (χ2v) is 6.53. The second-order valence-electron chi connectivity index (χ2n) is 6.53. The lowest BCUT2D eigenvalue weighted by molar-refractivity contribution is -0.120. The number of carbonyl (C=O) groups is 3. The molecule has 1 saturated heterocycles. The average Bonchev–Trinajstić information content (AvgIpc) is 2.67. The number of anilines is 2. The molecule has 4 rings (SSSR count). The number of hydrogen-bond donors (Lipinski definition) is 1. The van der Waals surface area contributed by atoms with Crippen LogP contribution in [0.5, 0.6) is 0 Å². The highest BCUT2D eigenvalue weighted by molar-refractivity contribution is 6.02. The van der Waals surface area contributed by atoms with Gasteiger partial charge in [-0.2, -0.15) is 0 Å². The fraction of sp³-hybridized carbons (Fsp3) is 0.250. The highest BCUT2D eigenvalue weighted by atomic mass is 16.2. The molecular weight excluding hydrogens is 330 g/mol. The molecule has 1 fully saturated rings. The second kappa shape index (κ2) is 6.63. The SMILES string of the molecule is O=C1CCc2cc(N3CCN(C(=O)c4ccccc4)CC3=O)ccc2N1. The Balaban J connectivity index is 1.49. The van der Waals surface area contributed by atoms with E-state index >= 15 is 0 Å². The van der Waals surface area contributed by atoms with Gasteiger partial charge in [-0.1, -0.05) is 18.2 Å². The lowest BCUT2D eigenvalue weighted by Gasteiger charge is -2.35.